The molecule has 0 saturated carbocycles. The molecule has 72 valence electrons. The Hall–Kier alpha value is -0.960. The lowest BCUT2D eigenvalue weighted by Gasteiger charge is -2.16. The van der Waals surface area contributed by atoms with Crippen LogP contribution in [0.3, 0.4) is 0 Å². The normalized spacial score (nSPS) is 11.7. The van der Waals surface area contributed by atoms with Gasteiger partial charge >= 0.3 is 0 Å². The van der Waals surface area contributed by atoms with Crippen molar-refractivity contribution >= 4 is 0 Å². The first-order valence-electron chi connectivity index (χ1n) is 4.56. The van der Waals surface area contributed by atoms with Gasteiger partial charge in [-0.2, -0.15) is 0 Å². The molecular formula is C10H17N3. The van der Waals surface area contributed by atoms with Gasteiger partial charge in [0.05, 0.1) is 0 Å². The summed E-state index contributed by atoms with van der Waals surface area (Å²) in [5, 5.41) is 0. The summed E-state index contributed by atoms with van der Waals surface area (Å²) in [5.41, 5.74) is 6.51. The molecule has 1 aromatic rings. The number of aromatic nitrogens is 2. The van der Waals surface area contributed by atoms with Crippen LogP contribution >= 0.6 is 0 Å². The molecule has 1 aromatic heterocycles. The van der Waals surface area contributed by atoms with Crippen molar-refractivity contribution in [1.29, 1.82) is 0 Å². The molecule has 0 amide bonds. The summed E-state index contributed by atoms with van der Waals surface area (Å²) in [6.07, 6.45) is 2.63. The summed E-state index contributed by atoms with van der Waals surface area (Å²) < 4.78 is 0. The van der Waals surface area contributed by atoms with Crippen molar-refractivity contribution in [2.24, 2.45) is 5.73 Å². The Morgan fingerprint density at radius 2 is 2.08 bits per heavy atom. The molecule has 0 fully saturated rings. The first kappa shape index (κ1) is 10.1. The maximum absolute atomic E-state index is 5.46. The smallest absolute Gasteiger partial charge is 0.133 e. The minimum Gasteiger partial charge on any atom is -0.330 e. The molecule has 3 nitrogen and oxygen atoms in total. The first-order chi connectivity index (χ1) is 6.04. The molecule has 0 atom stereocenters. The van der Waals surface area contributed by atoms with Crippen LogP contribution < -0.4 is 5.73 Å². The van der Waals surface area contributed by atoms with Gasteiger partial charge in [0.15, 0.2) is 0 Å². The molecule has 0 bridgehead atoms. The zero-order valence-electron chi connectivity index (χ0n) is 8.54. The Morgan fingerprint density at radius 1 is 1.38 bits per heavy atom. The van der Waals surface area contributed by atoms with Crippen LogP contribution in [0.15, 0.2) is 12.3 Å². The van der Waals surface area contributed by atoms with E-state index < -0.39 is 0 Å². The molecule has 0 aliphatic heterocycles. The van der Waals surface area contributed by atoms with E-state index in [2.05, 4.69) is 30.7 Å². The van der Waals surface area contributed by atoms with Crippen LogP contribution in [0.4, 0.5) is 0 Å². The Morgan fingerprint density at radius 3 is 2.62 bits per heavy atom. The van der Waals surface area contributed by atoms with E-state index in [-0.39, 0.29) is 5.41 Å². The third kappa shape index (κ3) is 2.77. The summed E-state index contributed by atoms with van der Waals surface area (Å²) in [6.45, 7) is 6.96. The Labute approximate surface area is 79.4 Å². The molecule has 2 N–H and O–H groups in total. The molecule has 13 heavy (non-hydrogen) atoms. The van der Waals surface area contributed by atoms with E-state index >= 15 is 0 Å². The van der Waals surface area contributed by atoms with Crippen molar-refractivity contribution in [3.05, 3.63) is 23.8 Å². The summed E-state index contributed by atoms with van der Waals surface area (Å²) in [4.78, 5) is 8.68. The number of hydrogen-bond acceptors (Lipinski definition) is 3. The van der Waals surface area contributed by atoms with Gasteiger partial charge in [0.2, 0.25) is 0 Å². The fraction of sp³-hybridized carbons (Fsp3) is 0.600. The van der Waals surface area contributed by atoms with Gasteiger partial charge in [-0.05, 0) is 12.6 Å². The zero-order chi connectivity index (χ0) is 9.90. The largest absolute Gasteiger partial charge is 0.330 e. The van der Waals surface area contributed by atoms with Crippen LogP contribution in [0.25, 0.3) is 0 Å². The third-order valence-corrected chi connectivity index (χ3v) is 1.78. The van der Waals surface area contributed by atoms with Gasteiger partial charge in [0.1, 0.15) is 5.82 Å². The van der Waals surface area contributed by atoms with Crippen molar-refractivity contribution < 1.29 is 0 Å². The average Bonchev–Trinajstić information content (AvgIpc) is 2.04. The predicted molar refractivity (Wildman–Crippen MR) is 53.5 cm³/mol. The van der Waals surface area contributed by atoms with E-state index in [1.807, 2.05) is 6.07 Å². The lowest BCUT2D eigenvalue weighted by Crippen LogP contribution is -2.17. The average molecular weight is 179 g/mol. The standard InChI is InChI=1S/C10H17N3/c1-10(2,3)9-12-7-5-8(13-9)4-6-11/h5,7H,4,6,11H2,1-3H3. The molecule has 0 aliphatic rings. The lowest BCUT2D eigenvalue weighted by atomic mass is 9.95. The predicted octanol–water partition coefficient (Wildman–Crippen LogP) is 1.28. The Bertz CT molecular complexity index is 276. The fourth-order valence-electron chi connectivity index (χ4n) is 1.04. The maximum Gasteiger partial charge on any atom is 0.133 e. The van der Waals surface area contributed by atoms with Crippen molar-refractivity contribution in [2.45, 2.75) is 32.6 Å². The Balaban J connectivity index is 2.92. The Kier molecular flexibility index (Phi) is 2.98. The van der Waals surface area contributed by atoms with E-state index in [9.17, 15) is 0 Å². The highest BCUT2D eigenvalue weighted by Crippen LogP contribution is 2.17. The molecule has 0 unspecified atom stereocenters. The highest BCUT2D eigenvalue weighted by Gasteiger charge is 2.16. The van der Waals surface area contributed by atoms with Gasteiger partial charge in [0.25, 0.3) is 0 Å². The lowest BCUT2D eigenvalue weighted by molar-refractivity contribution is 0.541. The fourth-order valence-corrected chi connectivity index (χ4v) is 1.04. The molecule has 1 rings (SSSR count). The van der Waals surface area contributed by atoms with Gasteiger partial charge in [-0.3, -0.25) is 0 Å². The quantitative estimate of drug-likeness (QED) is 0.744. The van der Waals surface area contributed by atoms with E-state index in [0.29, 0.717) is 6.54 Å². The first-order valence-corrected chi connectivity index (χ1v) is 4.56. The van der Waals surface area contributed by atoms with Gasteiger partial charge < -0.3 is 5.73 Å². The summed E-state index contributed by atoms with van der Waals surface area (Å²) in [7, 11) is 0. The van der Waals surface area contributed by atoms with Crippen LogP contribution in [0.1, 0.15) is 32.3 Å². The second-order valence-electron chi connectivity index (χ2n) is 4.16. The van der Waals surface area contributed by atoms with Crippen LogP contribution in [0, 0.1) is 0 Å². The highest BCUT2D eigenvalue weighted by atomic mass is 14.9. The van der Waals surface area contributed by atoms with Crippen LogP contribution in [0.2, 0.25) is 0 Å². The number of hydrogen-bond donors (Lipinski definition) is 1. The number of nitrogens with two attached hydrogens (primary N) is 1. The van der Waals surface area contributed by atoms with Crippen molar-refractivity contribution in [3.63, 3.8) is 0 Å². The van der Waals surface area contributed by atoms with Gasteiger partial charge in [-0.25, -0.2) is 9.97 Å². The molecule has 0 radical (unpaired) electrons. The third-order valence-electron chi connectivity index (χ3n) is 1.78. The van der Waals surface area contributed by atoms with Crippen molar-refractivity contribution in [3.8, 4) is 0 Å². The monoisotopic (exact) mass is 179 g/mol. The van der Waals surface area contributed by atoms with E-state index in [1.165, 1.54) is 0 Å². The molecule has 0 aliphatic carbocycles. The summed E-state index contributed by atoms with van der Waals surface area (Å²) in [6, 6.07) is 1.92. The minimum atomic E-state index is 0.0185. The molecule has 3 heteroatoms. The number of nitrogens with zero attached hydrogens (tertiary/aromatic N) is 2. The van der Waals surface area contributed by atoms with Crippen molar-refractivity contribution in [1.82, 2.24) is 9.97 Å². The second kappa shape index (κ2) is 3.83. The minimum absolute atomic E-state index is 0.0185. The zero-order valence-corrected chi connectivity index (χ0v) is 8.54. The molecule has 0 aromatic carbocycles. The van der Waals surface area contributed by atoms with E-state index in [0.717, 1.165) is 17.9 Å². The number of rotatable bonds is 2. The van der Waals surface area contributed by atoms with Crippen LogP contribution in [-0.4, -0.2) is 16.5 Å². The molecular weight excluding hydrogens is 162 g/mol. The van der Waals surface area contributed by atoms with Crippen molar-refractivity contribution in [2.75, 3.05) is 6.54 Å². The molecule has 0 spiro atoms. The van der Waals surface area contributed by atoms with Crippen LogP contribution in [0.5, 0.6) is 0 Å². The van der Waals surface area contributed by atoms with Gasteiger partial charge in [-0.15, -0.1) is 0 Å². The van der Waals surface area contributed by atoms with Crippen LogP contribution in [-0.2, 0) is 11.8 Å². The van der Waals surface area contributed by atoms with E-state index in [4.69, 9.17) is 5.73 Å². The molecule has 1 heterocycles. The summed E-state index contributed by atoms with van der Waals surface area (Å²) in [5.74, 6) is 0.887. The van der Waals surface area contributed by atoms with Gasteiger partial charge in [-0.1, -0.05) is 20.8 Å². The molecule has 0 saturated heterocycles. The maximum atomic E-state index is 5.46. The topological polar surface area (TPSA) is 51.8 Å². The van der Waals surface area contributed by atoms with E-state index in [1.54, 1.807) is 6.20 Å². The SMILES string of the molecule is CC(C)(C)c1nccc(CCN)n1. The highest BCUT2D eigenvalue weighted by molar-refractivity contribution is 5.08. The second-order valence-corrected chi connectivity index (χ2v) is 4.16. The van der Waals surface area contributed by atoms with Gasteiger partial charge in [0, 0.05) is 23.7 Å². The summed E-state index contributed by atoms with van der Waals surface area (Å²) >= 11 is 0.